The molecule has 0 saturated heterocycles. The van der Waals surface area contributed by atoms with E-state index in [4.69, 9.17) is 27.6 Å². The quantitative estimate of drug-likeness (QED) is 0.634. The minimum Gasteiger partial charge on any atom is -0.455 e. The summed E-state index contributed by atoms with van der Waals surface area (Å²) in [5.41, 5.74) is 1.47. The Morgan fingerprint density at radius 3 is 2.65 bits per heavy atom. The number of pyridine rings is 1. The predicted octanol–water partition coefficient (Wildman–Crippen LogP) is 3.30. The van der Waals surface area contributed by atoms with E-state index in [9.17, 15) is 4.79 Å². The van der Waals surface area contributed by atoms with Crippen molar-refractivity contribution >= 4 is 34.8 Å². The fourth-order valence-corrected chi connectivity index (χ4v) is 2.84. The molecule has 134 valence electrons. The number of carbonyl (C=O) groups excluding carboxylic acids is 1. The van der Waals surface area contributed by atoms with Gasteiger partial charge in [0.25, 0.3) is 5.91 Å². The molecule has 2 N–H and O–H groups in total. The van der Waals surface area contributed by atoms with Gasteiger partial charge in [-0.15, -0.1) is 0 Å². The molecule has 1 amide bonds. The SMILES string of the molecule is C[NH+](CC(=O)Nc1cccnc1Cl)Cc1ccc(-c2ccc(Cl)cc2)o1. The third-order valence-corrected chi connectivity index (χ3v) is 4.32. The minimum absolute atomic E-state index is 0.137. The number of hydrogen-bond donors (Lipinski definition) is 2. The van der Waals surface area contributed by atoms with Crippen LogP contribution in [0.5, 0.6) is 0 Å². The highest BCUT2D eigenvalue weighted by Gasteiger charge is 2.14. The molecule has 0 aliphatic rings. The summed E-state index contributed by atoms with van der Waals surface area (Å²) >= 11 is 11.9. The van der Waals surface area contributed by atoms with Gasteiger partial charge in [0.15, 0.2) is 17.5 Å². The predicted molar refractivity (Wildman–Crippen MR) is 102 cm³/mol. The Morgan fingerprint density at radius 2 is 1.92 bits per heavy atom. The zero-order valence-electron chi connectivity index (χ0n) is 14.1. The molecule has 0 aliphatic heterocycles. The third kappa shape index (κ3) is 4.85. The summed E-state index contributed by atoms with van der Waals surface area (Å²) in [6.45, 7) is 0.865. The Morgan fingerprint density at radius 1 is 1.15 bits per heavy atom. The first kappa shape index (κ1) is 18.5. The van der Waals surface area contributed by atoms with Crippen molar-refractivity contribution in [3.63, 3.8) is 0 Å². The van der Waals surface area contributed by atoms with Crippen molar-refractivity contribution in [1.29, 1.82) is 0 Å². The smallest absolute Gasteiger partial charge is 0.279 e. The van der Waals surface area contributed by atoms with Gasteiger partial charge in [-0.3, -0.25) is 4.79 Å². The van der Waals surface area contributed by atoms with Gasteiger partial charge in [-0.05, 0) is 48.5 Å². The minimum atomic E-state index is -0.137. The number of nitrogens with one attached hydrogen (secondary N) is 2. The molecule has 0 fully saturated rings. The van der Waals surface area contributed by atoms with E-state index in [2.05, 4.69) is 10.3 Å². The van der Waals surface area contributed by atoms with Gasteiger partial charge < -0.3 is 14.6 Å². The number of hydrogen-bond acceptors (Lipinski definition) is 3. The molecule has 3 aromatic rings. The monoisotopic (exact) mass is 390 g/mol. The van der Waals surface area contributed by atoms with Crippen LogP contribution in [0.15, 0.2) is 59.1 Å². The molecule has 1 unspecified atom stereocenters. The van der Waals surface area contributed by atoms with Crippen molar-refractivity contribution in [2.75, 3.05) is 18.9 Å². The summed E-state index contributed by atoms with van der Waals surface area (Å²) in [4.78, 5) is 17.1. The lowest BCUT2D eigenvalue weighted by atomic mass is 10.2. The number of nitrogens with zero attached hydrogens (tertiary/aromatic N) is 1. The fraction of sp³-hybridized carbons (Fsp3) is 0.158. The molecular formula is C19H18Cl2N3O2+. The van der Waals surface area contributed by atoms with Crippen LogP contribution in [0.4, 0.5) is 5.69 Å². The van der Waals surface area contributed by atoms with Gasteiger partial charge in [0.1, 0.15) is 12.3 Å². The molecule has 1 atom stereocenters. The van der Waals surface area contributed by atoms with E-state index in [1.165, 1.54) is 0 Å². The Hall–Kier alpha value is -2.34. The van der Waals surface area contributed by atoms with E-state index in [-0.39, 0.29) is 17.6 Å². The van der Waals surface area contributed by atoms with Gasteiger partial charge in [-0.2, -0.15) is 0 Å². The highest BCUT2D eigenvalue weighted by Crippen LogP contribution is 2.23. The molecule has 26 heavy (non-hydrogen) atoms. The zero-order chi connectivity index (χ0) is 18.5. The number of furan rings is 1. The lowest BCUT2D eigenvalue weighted by Gasteiger charge is -2.12. The van der Waals surface area contributed by atoms with E-state index in [1.807, 2.05) is 43.4 Å². The molecule has 2 aromatic heterocycles. The van der Waals surface area contributed by atoms with Gasteiger partial charge in [-0.1, -0.05) is 23.2 Å². The van der Waals surface area contributed by atoms with Crippen LogP contribution in [-0.4, -0.2) is 24.5 Å². The number of anilines is 1. The molecule has 7 heteroatoms. The molecule has 0 saturated carbocycles. The van der Waals surface area contributed by atoms with Crippen LogP contribution < -0.4 is 10.2 Å². The van der Waals surface area contributed by atoms with Gasteiger partial charge in [0, 0.05) is 16.8 Å². The van der Waals surface area contributed by atoms with E-state index < -0.39 is 0 Å². The lowest BCUT2D eigenvalue weighted by Crippen LogP contribution is -3.08. The third-order valence-electron chi connectivity index (χ3n) is 3.76. The molecular weight excluding hydrogens is 373 g/mol. The van der Waals surface area contributed by atoms with E-state index in [0.717, 1.165) is 22.0 Å². The first-order valence-electron chi connectivity index (χ1n) is 8.07. The van der Waals surface area contributed by atoms with Gasteiger partial charge >= 0.3 is 0 Å². The van der Waals surface area contributed by atoms with Crippen LogP contribution in [0.1, 0.15) is 5.76 Å². The fourth-order valence-electron chi connectivity index (χ4n) is 2.55. The van der Waals surface area contributed by atoms with Crippen LogP contribution in [0.25, 0.3) is 11.3 Å². The molecule has 0 spiro atoms. The van der Waals surface area contributed by atoms with Crippen LogP contribution in [-0.2, 0) is 11.3 Å². The summed E-state index contributed by atoms with van der Waals surface area (Å²) in [5.74, 6) is 1.44. The summed E-state index contributed by atoms with van der Waals surface area (Å²) in [5, 5.41) is 3.73. The Balaban J connectivity index is 1.56. The second-order valence-corrected chi connectivity index (χ2v) is 6.77. The maximum Gasteiger partial charge on any atom is 0.279 e. The first-order valence-corrected chi connectivity index (χ1v) is 8.83. The number of rotatable bonds is 6. The van der Waals surface area contributed by atoms with E-state index >= 15 is 0 Å². The van der Waals surface area contributed by atoms with E-state index in [1.54, 1.807) is 18.3 Å². The number of carbonyl (C=O) groups is 1. The second kappa shape index (κ2) is 8.36. The topological polar surface area (TPSA) is 59.6 Å². The number of halogens is 2. The van der Waals surface area contributed by atoms with Crippen molar-refractivity contribution in [2.24, 2.45) is 0 Å². The Bertz CT molecular complexity index is 894. The summed E-state index contributed by atoms with van der Waals surface area (Å²) in [6.07, 6.45) is 1.57. The Labute approximate surface area is 161 Å². The molecule has 0 aliphatic carbocycles. The van der Waals surface area contributed by atoms with Gasteiger partial charge in [0.05, 0.1) is 12.7 Å². The molecule has 3 rings (SSSR count). The highest BCUT2D eigenvalue weighted by atomic mass is 35.5. The average molecular weight is 391 g/mol. The van der Waals surface area contributed by atoms with Gasteiger partial charge in [0.2, 0.25) is 0 Å². The van der Waals surface area contributed by atoms with Crippen LogP contribution >= 0.6 is 23.2 Å². The van der Waals surface area contributed by atoms with E-state index in [0.29, 0.717) is 17.3 Å². The first-order chi connectivity index (χ1) is 12.5. The summed E-state index contributed by atoms with van der Waals surface area (Å²) in [6, 6.07) is 14.7. The van der Waals surface area contributed by atoms with Crippen molar-refractivity contribution in [3.8, 4) is 11.3 Å². The van der Waals surface area contributed by atoms with Crippen LogP contribution in [0, 0.1) is 0 Å². The molecule has 5 nitrogen and oxygen atoms in total. The largest absolute Gasteiger partial charge is 0.455 e. The number of aromatic nitrogens is 1. The van der Waals surface area contributed by atoms with Gasteiger partial charge in [-0.25, -0.2) is 4.98 Å². The second-order valence-electron chi connectivity index (χ2n) is 5.97. The maximum atomic E-state index is 12.2. The maximum absolute atomic E-state index is 12.2. The van der Waals surface area contributed by atoms with Crippen molar-refractivity contribution in [1.82, 2.24) is 4.98 Å². The number of quaternary nitrogens is 1. The highest BCUT2D eigenvalue weighted by molar-refractivity contribution is 6.32. The molecule has 0 radical (unpaired) electrons. The van der Waals surface area contributed by atoms with Crippen LogP contribution in [0.3, 0.4) is 0 Å². The average Bonchev–Trinajstić information content (AvgIpc) is 3.05. The lowest BCUT2D eigenvalue weighted by molar-refractivity contribution is -0.886. The molecule has 1 aromatic carbocycles. The van der Waals surface area contributed by atoms with Crippen molar-refractivity contribution in [2.45, 2.75) is 6.54 Å². The summed E-state index contributed by atoms with van der Waals surface area (Å²) < 4.78 is 5.87. The normalized spacial score (nSPS) is 12.0. The number of likely N-dealkylation sites (N-methyl/N-ethyl adjacent to an activating group) is 1. The zero-order valence-corrected chi connectivity index (χ0v) is 15.6. The van der Waals surface area contributed by atoms with Crippen molar-refractivity contribution in [3.05, 3.63) is 70.7 Å². The van der Waals surface area contributed by atoms with Crippen molar-refractivity contribution < 1.29 is 14.1 Å². The van der Waals surface area contributed by atoms with Crippen LogP contribution in [0.2, 0.25) is 10.2 Å². The molecule has 2 heterocycles. The number of benzene rings is 1. The molecule has 0 bridgehead atoms. The summed E-state index contributed by atoms with van der Waals surface area (Å²) in [7, 11) is 1.93. The standard InChI is InChI=1S/C19H17Cl2N3O2/c1-24(12-18(25)23-16-3-2-10-22-19(16)21)11-15-8-9-17(26-15)13-4-6-14(20)7-5-13/h2-10H,11-12H2,1H3,(H,23,25)/p+1. The Kier molecular flexibility index (Phi) is 5.93. The number of amides is 1.